The summed E-state index contributed by atoms with van der Waals surface area (Å²) in [6, 6.07) is 11.0. The van der Waals surface area contributed by atoms with Gasteiger partial charge in [0.1, 0.15) is 16.1 Å². The van der Waals surface area contributed by atoms with Gasteiger partial charge in [-0.15, -0.1) is 11.3 Å². The molecule has 2 aromatic carbocycles. The molecule has 3 aromatic rings. The van der Waals surface area contributed by atoms with Crippen molar-refractivity contribution in [2.45, 2.75) is 32.0 Å². The van der Waals surface area contributed by atoms with Crippen LogP contribution in [0.15, 0.2) is 61.8 Å². The molecule has 13 heteroatoms. The van der Waals surface area contributed by atoms with Crippen LogP contribution in [-0.2, 0) is 16.2 Å². The standard InChI is InChI=1S/C22H19Cl2F3N2O3S3/c1-29-10-9-14(12-29)32-18-11-13(5-6-15(18)22(25,26)27)28-35(30,31)20-8-7-19(33-20)34-21-16(23)3-2-4-17(21)24/h2-8,11,14,28H,9-10,12H2,1H3/t14-/m1/s1. The van der Waals surface area contributed by atoms with Crippen LogP contribution in [0.1, 0.15) is 12.0 Å². The molecule has 1 atom stereocenters. The van der Waals surface area contributed by atoms with Crippen molar-refractivity contribution in [3.05, 3.63) is 64.1 Å². The molecule has 0 bridgehead atoms. The van der Waals surface area contributed by atoms with Crippen molar-refractivity contribution in [2.24, 2.45) is 0 Å². The Labute approximate surface area is 219 Å². The van der Waals surface area contributed by atoms with Gasteiger partial charge >= 0.3 is 6.18 Å². The average Bonchev–Trinajstić information content (AvgIpc) is 3.39. The van der Waals surface area contributed by atoms with Gasteiger partial charge in [0.2, 0.25) is 0 Å². The molecule has 0 aliphatic carbocycles. The summed E-state index contributed by atoms with van der Waals surface area (Å²) in [4.78, 5) is 2.55. The lowest BCUT2D eigenvalue weighted by Crippen LogP contribution is -2.23. The van der Waals surface area contributed by atoms with Gasteiger partial charge in [-0.1, -0.05) is 41.0 Å². The van der Waals surface area contributed by atoms with Gasteiger partial charge in [-0.3, -0.25) is 4.72 Å². The molecule has 4 rings (SSSR count). The number of ether oxygens (including phenoxy) is 1. The van der Waals surface area contributed by atoms with Crippen LogP contribution in [0.4, 0.5) is 18.9 Å². The zero-order valence-electron chi connectivity index (χ0n) is 18.1. The van der Waals surface area contributed by atoms with Crippen molar-refractivity contribution in [1.29, 1.82) is 0 Å². The molecule has 1 aliphatic rings. The topological polar surface area (TPSA) is 58.6 Å². The zero-order valence-corrected chi connectivity index (χ0v) is 22.1. The maximum absolute atomic E-state index is 13.5. The fourth-order valence-electron chi connectivity index (χ4n) is 3.48. The fraction of sp³-hybridized carbons (Fsp3) is 0.273. The first-order chi connectivity index (χ1) is 16.4. The molecule has 0 saturated carbocycles. The number of likely N-dealkylation sites (N-methyl/N-ethyl adjacent to an activating group) is 1. The number of alkyl halides is 3. The van der Waals surface area contributed by atoms with E-state index in [0.717, 1.165) is 29.5 Å². The molecule has 1 aromatic heterocycles. The van der Waals surface area contributed by atoms with E-state index in [0.29, 0.717) is 38.7 Å². The maximum Gasteiger partial charge on any atom is 0.419 e. The third kappa shape index (κ3) is 6.39. The number of likely N-dealkylation sites (tertiary alicyclic amines) is 1. The van der Waals surface area contributed by atoms with Crippen molar-refractivity contribution in [2.75, 3.05) is 24.9 Å². The largest absolute Gasteiger partial charge is 0.488 e. The molecular formula is C22H19Cl2F3N2O3S3. The number of nitrogens with one attached hydrogen (secondary N) is 1. The van der Waals surface area contributed by atoms with Crippen molar-refractivity contribution < 1.29 is 26.3 Å². The van der Waals surface area contributed by atoms with E-state index in [1.165, 1.54) is 17.8 Å². The van der Waals surface area contributed by atoms with Gasteiger partial charge in [0.25, 0.3) is 10.0 Å². The van der Waals surface area contributed by atoms with E-state index in [1.807, 2.05) is 11.9 Å². The predicted octanol–water partition coefficient (Wildman–Crippen LogP) is 7.11. The van der Waals surface area contributed by atoms with Crippen LogP contribution in [0.5, 0.6) is 5.75 Å². The molecule has 1 fully saturated rings. The summed E-state index contributed by atoms with van der Waals surface area (Å²) in [5.41, 5.74) is -0.988. The van der Waals surface area contributed by atoms with E-state index in [9.17, 15) is 21.6 Å². The highest BCUT2D eigenvalue weighted by Gasteiger charge is 2.36. The summed E-state index contributed by atoms with van der Waals surface area (Å²) < 4.78 is 75.1. The summed E-state index contributed by atoms with van der Waals surface area (Å²) in [5.74, 6) is -0.409. The SMILES string of the molecule is CN1CC[C@@H](Oc2cc(NS(=O)(=O)c3ccc(Sc4c(Cl)cccc4Cl)s3)ccc2C(F)(F)F)C1. The number of halogens is 5. The number of rotatable bonds is 7. The van der Waals surface area contributed by atoms with Crippen LogP contribution in [0.2, 0.25) is 10.0 Å². The summed E-state index contributed by atoms with van der Waals surface area (Å²) in [6.45, 7) is 1.19. The Kier molecular flexibility index (Phi) is 7.85. The van der Waals surface area contributed by atoms with Crippen LogP contribution < -0.4 is 9.46 Å². The molecular weight excluding hydrogens is 564 g/mol. The molecule has 188 valence electrons. The highest BCUT2D eigenvalue weighted by atomic mass is 35.5. The minimum atomic E-state index is -4.64. The summed E-state index contributed by atoms with van der Waals surface area (Å²) in [7, 11) is -2.21. The minimum absolute atomic E-state index is 0.0111. The lowest BCUT2D eigenvalue weighted by Gasteiger charge is -2.19. The van der Waals surface area contributed by atoms with Crippen LogP contribution >= 0.6 is 46.3 Å². The third-order valence-corrected chi connectivity index (χ3v) is 10.2. The van der Waals surface area contributed by atoms with Crippen molar-refractivity contribution in [3.8, 4) is 5.75 Å². The zero-order chi connectivity index (χ0) is 25.4. The summed E-state index contributed by atoms with van der Waals surface area (Å²) >= 11 is 14.6. The molecule has 0 spiro atoms. The number of hydrogen-bond acceptors (Lipinski definition) is 6. The van der Waals surface area contributed by atoms with Gasteiger partial charge in [-0.05, 0) is 49.9 Å². The quantitative estimate of drug-likeness (QED) is 0.321. The second-order valence-corrected chi connectivity index (χ2v) is 12.9. The van der Waals surface area contributed by atoms with Gasteiger partial charge in [0.15, 0.2) is 0 Å². The Morgan fingerprint density at radius 2 is 1.86 bits per heavy atom. The molecule has 0 amide bonds. The summed E-state index contributed by atoms with van der Waals surface area (Å²) in [5, 5.41) is 0.869. The maximum atomic E-state index is 13.5. The van der Waals surface area contributed by atoms with Crippen molar-refractivity contribution >= 4 is 62.0 Å². The Hall–Kier alpha value is -1.63. The third-order valence-electron chi connectivity index (χ3n) is 5.12. The summed E-state index contributed by atoms with van der Waals surface area (Å²) in [6.07, 6.45) is -4.48. The molecule has 35 heavy (non-hydrogen) atoms. The highest BCUT2D eigenvalue weighted by Crippen LogP contribution is 2.43. The van der Waals surface area contributed by atoms with Crippen molar-refractivity contribution in [1.82, 2.24) is 4.90 Å². The van der Waals surface area contributed by atoms with Crippen LogP contribution in [0.25, 0.3) is 0 Å². The number of hydrogen-bond donors (Lipinski definition) is 1. The van der Waals surface area contributed by atoms with E-state index in [4.69, 9.17) is 27.9 Å². The molecule has 1 saturated heterocycles. The van der Waals surface area contributed by atoms with Gasteiger partial charge in [-0.2, -0.15) is 13.2 Å². The number of thiophene rings is 1. The number of sulfonamides is 1. The molecule has 1 aliphatic heterocycles. The second-order valence-electron chi connectivity index (χ2n) is 7.83. The van der Waals surface area contributed by atoms with E-state index in [-0.39, 0.29) is 9.90 Å². The monoisotopic (exact) mass is 582 g/mol. The number of nitrogens with zero attached hydrogens (tertiary/aromatic N) is 1. The van der Waals surface area contributed by atoms with Crippen LogP contribution in [0.3, 0.4) is 0 Å². The average molecular weight is 584 g/mol. The molecule has 0 unspecified atom stereocenters. The first-order valence-electron chi connectivity index (χ1n) is 10.2. The lowest BCUT2D eigenvalue weighted by atomic mass is 10.1. The molecule has 5 nitrogen and oxygen atoms in total. The van der Waals surface area contributed by atoms with Gasteiger partial charge in [-0.25, -0.2) is 8.42 Å². The molecule has 1 N–H and O–H groups in total. The smallest absolute Gasteiger partial charge is 0.419 e. The molecule has 0 radical (unpaired) electrons. The van der Waals surface area contributed by atoms with Crippen molar-refractivity contribution in [3.63, 3.8) is 0 Å². The molecule has 2 heterocycles. The van der Waals surface area contributed by atoms with E-state index in [2.05, 4.69) is 4.72 Å². The lowest BCUT2D eigenvalue weighted by molar-refractivity contribution is -0.139. The highest BCUT2D eigenvalue weighted by molar-refractivity contribution is 8.02. The minimum Gasteiger partial charge on any atom is -0.488 e. The first-order valence-corrected chi connectivity index (χ1v) is 14.1. The Morgan fingerprint density at radius 3 is 2.49 bits per heavy atom. The predicted molar refractivity (Wildman–Crippen MR) is 134 cm³/mol. The van der Waals surface area contributed by atoms with Gasteiger partial charge < -0.3 is 9.64 Å². The van der Waals surface area contributed by atoms with Gasteiger partial charge in [0, 0.05) is 19.2 Å². The van der Waals surface area contributed by atoms with E-state index in [1.54, 1.807) is 24.3 Å². The van der Waals surface area contributed by atoms with Crippen LogP contribution in [-0.4, -0.2) is 39.6 Å². The Balaban J connectivity index is 1.56. The van der Waals surface area contributed by atoms with Crippen LogP contribution in [0, 0.1) is 0 Å². The number of benzene rings is 2. The fourth-order valence-corrected chi connectivity index (χ4v) is 7.71. The normalized spacial score (nSPS) is 17.0. The number of anilines is 1. The van der Waals surface area contributed by atoms with E-state index >= 15 is 0 Å². The second kappa shape index (κ2) is 10.4. The Bertz CT molecular complexity index is 1310. The first kappa shape index (κ1) is 26.4. The van der Waals surface area contributed by atoms with E-state index < -0.39 is 33.6 Å². The Morgan fingerprint density at radius 1 is 1.14 bits per heavy atom. The van der Waals surface area contributed by atoms with Gasteiger partial charge in [0.05, 0.1) is 30.4 Å².